The third-order valence-electron chi connectivity index (χ3n) is 5.35. The number of hydrogen-bond donors (Lipinski definition) is 1. The Kier molecular flexibility index (Phi) is 5.76. The Labute approximate surface area is 145 Å². The summed E-state index contributed by atoms with van der Waals surface area (Å²) in [5.74, 6) is 2.53. The van der Waals surface area contributed by atoms with Gasteiger partial charge in [0.25, 0.3) is 0 Å². The molecule has 3 heterocycles. The predicted octanol–water partition coefficient (Wildman–Crippen LogP) is 1.20. The van der Waals surface area contributed by atoms with Gasteiger partial charge in [-0.25, -0.2) is 0 Å². The first-order valence-electron chi connectivity index (χ1n) is 9.25. The van der Waals surface area contributed by atoms with Gasteiger partial charge in [0, 0.05) is 46.5 Å². The second-order valence-electron chi connectivity index (χ2n) is 7.53. The van der Waals surface area contributed by atoms with E-state index in [9.17, 15) is 0 Å². The molecule has 1 aromatic rings. The molecule has 0 amide bonds. The van der Waals surface area contributed by atoms with Crippen molar-refractivity contribution in [2.45, 2.75) is 25.7 Å². The number of aromatic nitrogens is 2. The molecular weight excluding hydrogens is 300 g/mol. The van der Waals surface area contributed by atoms with Gasteiger partial charge in [-0.1, -0.05) is 0 Å². The summed E-state index contributed by atoms with van der Waals surface area (Å²) in [6.07, 6.45) is 9.14. The van der Waals surface area contributed by atoms with Crippen molar-refractivity contribution < 1.29 is 0 Å². The Hall–Kier alpha value is -1.56. The molecule has 0 spiro atoms. The van der Waals surface area contributed by atoms with E-state index in [0.29, 0.717) is 5.92 Å². The molecule has 0 aliphatic carbocycles. The van der Waals surface area contributed by atoms with E-state index in [4.69, 9.17) is 0 Å². The number of guanidine groups is 1. The third-order valence-corrected chi connectivity index (χ3v) is 5.35. The van der Waals surface area contributed by atoms with Gasteiger partial charge in [0.2, 0.25) is 0 Å². The van der Waals surface area contributed by atoms with Gasteiger partial charge < -0.3 is 15.1 Å². The average Bonchev–Trinajstić information content (AvgIpc) is 3.18. The molecule has 0 saturated carbocycles. The molecule has 1 aromatic heterocycles. The highest BCUT2D eigenvalue weighted by molar-refractivity contribution is 5.80. The van der Waals surface area contributed by atoms with Gasteiger partial charge in [-0.05, 0) is 56.7 Å². The number of rotatable bonds is 4. The smallest absolute Gasteiger partial charge is 0.193 e. The van der Waals surface area contributed by atoms with Crippen molar-refractivity contribution in [2.24, 2.45) is 23.9 Å². The van der Waals surface area contributed by atoms with E-state index in [0.717, 1.165) is 37.9 Å². The monoisotopic (exact) mass is 332 g/mol. The van der Waals surface area contributed by atoms with Crippen molar-refractivity contribution in [3.05, 3.63) is 18.0 Å². The van der Waals surface area contributed by atoms with Crippen LogP contribution >= 0.6 is 0 Å². The molecule has 6 nitrogen and oxygen atoms in total. The van der Waals surface area contributed by atoms with E-state index in [-0.39, 0.29) is 0 Å². The van der Waals surface area contributed by atoms with Gasteiger partial charge in [-0.15, -0.1) is 0 Å². The summed E-state index contributed by atoms with van der Waals surface area (Å²) in [5, 5.41) is 7.90. The number of aryl methyl sites for hydroxylation is 1. The molecule has 2 aliphatic heterocycles. The number of hydrogen-bond acceptors (Lipinski definition) is 3. The highest BCUT2D eigenvalue weighted by Crippen LogP contribution is 2.21. The number of likely N-dealkylation sites (tertiary alicyclic amines) is 2. The molecule has 2 atom stereocenters. The highest BCUT2D eigenvalue weighted by Gasteiger charge is 2.26. The van der Waals surface area contributed by atoms with E-state index in [1.54, 1.807) is 0 Å². The molecule has 2 unspecified atom stereocenters. The molecular formula is C18H32N6. The second-order valence-corrected chi connectivity index (χ2v) is 7.53. The average molecular weight is 332 g/mol. The minimum absolute atomic E-state index is 0.702. The summed E-state index contributed by atoms with van der Waals surface area (Å²) in [7, 11) is 6.12. The normalized spacial score (nSPS) is 26.1. The summed E-state index contributed by atoms with van der Waals surface area (Å²) >= 11 is 0. The van der Waals surface area contributed by atoms with Crippen molar-refractivity contribution >= 4 is 5.96 Å². The fourth-order valence-electron chi connectivity index (χ4n) is 4.11. The van der Waals surface area contributed by atoms with E-state index < -0.39 is 0 Å². The summed E-state index contributed by atoms with van der Waals surface area (Å²) in [6.45, 7) is 5.69. The van der Waals surface area contributed by atoms with Crippen LogP contribution in [0.2, 0.25) is 0 Å². The summed E-state index contributed by atoms with van der Waals surface area (Å²) in [6, 6.07) is 0. The molecule has 6 heteroatoms. The van der Waals surface area contributed by atoms with Gasteiger partial charge in [-0.3, -0.25) is 9.67 Å². The van der Waals surface area contributed by atoms with E-state index in [1.807, 2.05) is 25.0 Å². The van der Waals surface area contributed by atoms with Crippen molar-refractivity contribution in [1.29, 1.82) is 0 Å². The lowest BCUT2D eigenvalue weighted by Crippen LogP contribution is -2.44. The maximum absolute atomic E-state index is 4.52. The zero-order valence-corrected chi connectivity index (χ0v) is 15.4. The van der Waals surface area contributed by atoms with E-state index >= 15 is 0 Å². The highest BCUT2D eigenvalue weighted by atomic mass is 15.3. The summed E-state index contributed by atoms with van der Waals surface area (Å²) in [5.41, 5.74) is 1.34. The Balaban J connectivity index is 1.46. The maximum atomic E-state index is 4.52. The lowest BCUT2D eigenvalue weighted by Gasteiger charge is -2.31. The second kappa shape index (κ2) is 8.01. The van der Waals surface area contributed by atoms with E-state index in [2.05, 4.69) is 38.5 Å². The van der Waals surface area contributed by atoms with Crippen LogP contribution in [0.4, 0.5) is 0 Å². The van der Waals surface area contributed by atoms with Gasteiger partial charge in [0.1, 0.15) is 0 Å². The van der Waals surface area contributed by atoms with Crippen molar-refractivity contribution in [1.82, 2.24) is 24.9 Å². The molecule has 0 radical (unpaired) electrons. The topological polar surface area (TPSA) is 48.7 Å². The Morgan fingerprint density at radius 3 is 2.83 bits per heavy atom. The fourth-order valence-corrected chi connectivity index (χ4v) is 4.11. The molecule has 24 heavy (non-hydrogen) atoms. The van der Waals surface area contributed by atoms with Crippen LogP contribution in [-0.4, -0.2) is 72.4 Å². The number of aliphatic imine (C=N–C) groups is 1. The SMILES string of the molecule is CN=C(NCC1CCCN(C)C1)N1CCC(Cc2cnn(C)c2)C1. The van der Waals surface area contributed by atoms with Gasteiger partial charge in [0.15, 0.2) is 5.96 Å². The summed E-state index contributed by atoms with van der Waals surface area (Å²) < 4.78 is 1.89. The molecule has 2 fully saturated rings. The van der Waals surface area contributed by atoms with Crippen LogP contribution < -0.4 is 5.32 Å². The van der Waals surface area contributed by atoms with E-state index in [1.165, 1.54) is 37.9 Å². The lowest BCUT2D eigenvalue weighted by atomic mass is 9.98. The third kappa shape index (κ3) is 4.50. The molecule has 0 bridgehead atoms. The van der Waals surface area contributed by atoms with Crippen LogP contribution in [-0.2, 0) is 13.5 Å². The van der Waals surface area contributed by atoms with Gasteiger partial charge >= 0.3 is 0 Å². The van der Waals surface area contributed by atoms with Gasteiger partial charge in [-0.2, -0.15) is 5.10 Å². The first-order chi connectivity index (χ1) is 11.6. The molecule has 134 valence electrons. The zero-order chi connectivity index (χ0) is 16.9. The molecule has 3 rings (SSSR count). The predicted molar refractivity (Wildman–Crippen MR) is 98.2 cm³/mol. The van der Waals surface area contributed by atoms with Crippen LogP contribution in [0.5, 0.6) is 0 Å². The Morgan fingerprint density at radius 1 is 1.25 bits per heavy atom. The van der Waals surface area contributed by atoms with Crippen LogP contribution in [0, 0.1) is 11.8 Å². The first kappa shape index (κ1) is 17.3. The summed E-state index contributed by atoms with van der Waals surface area (Å²) in [4.78, 5) is 9.39. The largest absolute Gasteiger partial charge is 0.356 e. The Bertz CT molecular complexity index is 551. The quantitative estimate of drug-likeness (QED) is 0.665. The van der Waals surface area contributed by atoms with Crippen LogP contribution in [0.15, 0.2) is 17.4 Å². The van der Waals surface area contributed by atoms with Crippen LogP contribution in [0.1, 0.15) is 24.8 Å². The van der Waals surface area contributed by atoms with Crippen LogP contribution in [0.3, 0.4) is 0 Å². The molecule has 1 N–H and O–H groups in total. The van der Waals surface area contributed by atoms with Crippen molar-refractivity contribution in [3.63, 3.8) is 0 Å². The first-order valence-corrected chi connectivity index (χ1v) is 9.25. The minimum Gasteiger partial charge on any atom is -0.356 e. The Morgan fingerprint density at radius 2 is 2.12 bits per heavy atom. The van der Waals surface area contributed by atoms with Crippen molar-refractivity contribution in [2.75, 3.05) is 46.8 Å². The standard InChI is InChI=1S/C18H32N6/c1-19-18(20-10-16-5-4-7-22(2)12-16)24-8-6-15(14-24)9-17-11-21-23(3)13-17/h11,13,15-16H,4-10,12,14H2,1-3H3,(H,19,20). The maximum Gasteiger partial charge on any atom is 0.193 e. The van der Waals surface area contributed by atoms with Crippen LogP contribution in [0.25, 0.3) is 0 Å². The van der Waals surface area contributed by atoms with Crippen molar-refractivity contribution in [3.8, 4) is 0 Å². The van der Waals surface area contributed by atoms with Gasteiger partial charge in [0.05, 0.1) is 6.20 Å². The fraction of sp³-hybridized carbons (Fsp3) is 0.778. The molecule has 2 aliphatic rings. The lowest BCUT2D eigenvalue weighted by molar-refractivity contribution is 0.209. The number of nitrogens with zero attached hydrogens (tertiary/aromatic N) is 5. The minimum atomic E-state index is 0.702. The molecule has 2 saturated heterocycles. The molecule has 0 aromatic carbocycles. The number of piperidine rings is 1. The zero-order valence-electron chi connectivity index (χ0n) is 15.4. The number of nitrogens with one attached hydrogen (secondary N) is 1.